The Morgan fingerprint density at radius 1 is 1.03 bits per heavy atom. The molecule has 2 N–H and O–H groups in total. The number of carbonyl (C=O) groups is 2. The zero-order valence-corrected chi connectivity index (χ0v) is 16.4. The number of hydrogen-bond acceptors (Lipinski definition) is 4. The van der Waals surface area contributed by atoms with Gasteiger partial charge in [-0.15, -0.1) is 0 Å². The van der Waals surface area contributed by atoms with E-state index in [0.717, 1.165) is 28.3 Å². The van der Waals surface area contributed by atoms with Crippen LogP contribution in [0.4, 0.5) is 18.9 Å². The molecule has 0 atom stereocenters. The molecule has 10 heteroatoms. The van der Waals surface area contributed by atoms with Gasteiger partial charge in [0.15, 0.2) is 0 Å². The number of nitrogens with zero attached hydrogens (tertiary/aromatic N) is 3. The van der Waals surface area contributed by atoms with E-state index >= 15 is 0 Å². The summed E-state index contributed by atoms with van der Waals surface area (Å²) in [6, 6.07) is 11.3. The summed E-state index contributed by atoms with van der Waals surface area (Å²) < 4.78 is 33.8. The SMILES string of the molecule is Cc1cccnc1C(=O)Nc1ccc(-n2cnc(C)c2C)cc1.O=C(O)C(F)(F)F. The minimum atomic E-state index is -5.08. The lowest BCUT2D eigenvalue weighted by Crippen LogP contribution is -2.21. The zero-order chi connectivity index (χ0) is 22.5. The van der Waals surface area contributed by atoms with Crippen molar-refractivity contribution >= 4 is 17.6 Å². The summed E-state index contributed by atoms with van der Waals surface area (Å²) >= 11 is 0. The molecule has 0 unspecified atom stereocenters. The van der Waals surface area contributed by atoms with Gasteiger partial charge in [-0.3, -0.25) is 9.78 Å². The largest absolute Gasteiger partial charge is 0.490 e. The van der Waals surface area contributed by atoms with Crippen LogP contribution in [-0.4, -0.2) is 37.7 Å². The van der Waals surface area contributed by atoms with Crippen LogP contribution in [0, 0.1) is 20.8 Å². The summed E-state index contributed by atoms with van der Waals surface area (Å²) in [6.07, 6.45) is -1.66. The lowest BCUT2D eigenvalue weighted by Gasteiger charge is -2.09. The zero-order valence-electron chi connectivity index (χ0n) is 16.4. The summed E-state index contributed by atoms with van der Waals surface area (Å²) in [6.45, 7) is 5.88. The van der Waals surface area contributed by atoms with Gasteiger partial charge in [0, 0.05) is 23.3 Å². The Labute approximate surface area is 170 Å². The second kappa shape index (κ2) is 9.21. The van der Waals surface area contributed by atoms with E-state index in [2.05, 4.69) is 15.3 Å². The van der Waals surface area contributed by atoms with E-state index in [1.165, 1.54) is 0 Å². The predicted octanol–water partition coefficient (Wildman–Crippen LogP) is 4.08. The van der Waals surface area contributed by atoms with Gasteiger partial charge in [0.2, 0.25) is 0 Å². The molecule has 3 rings (SSSR count). The molecule has 0 saturated heterocycles. The van der Waals surface area contributed by atoms with Gasteiger partial charge in [-0.05, 0) is 56.7 Å². The predicted molar refractivity (Wildman–Crippen MR) is 104 cm³/mol. The number of benzene rings is 1. The first-order valence-electron chi connectivity index (χ1n) is 8.64. The topological polar surface area (TPSA) is 97.1 Å². The number of nitrogens with one attached hydrogen (secondary N) is 1. The van der Waals surface area contributed by atoms with Crippen LogP contribution in [0.5, 0.6) is 0 Å². The molecule has 0 aliphatic rings. The number of rotatable bonds is 3. The van der Waals surface area contributed by atoms with Crippen molar-refractivity contribution in [3.05, 3.63) is 71.6 Å². The number of aliphatic carboxylic acids is 1. The number of aryl methyl sites for hydroxylation is 2. The number of anilines is 1. The highest BCUT2D eigenvalue weighted by atomic mass is 19.4. The van der Waals surface area contributed by atoms with Gasteiger partial charge in [-0.1, -0.05) is 6.07 Å². The van der Waals surface area contributed by atoms with Crippen LogP contribution >= 0.6 is 0 Å². The molecule has 1 aromatic carbocycles. The summed E-state index contributed by atoms with van der Waals surface area (Å²) in [5.41, 5.74) is 5.15. The fourth-order valence-electron chi connectivity index (χ4n) is 2.38. The summed E-state index contributed by atoms with van der Waals surface area (Å²) in [7, 11) is 0. The third-order valence-corrected chi connectivity index (χ3v) is 4.12. The number of imidazole rings is 1. The molecule has 1 amide bonds. The fraction of sp³-hybridized carbons (Fsp3) is 0.200. The van der Waals surface area contributed by atoms with E-state index in [4.69, 9.17) is 9.90 Å². The molecule has 158 valence electrons. The van der Waals surface area contributed by atoms with Crippen molar-refractivity contribution in [2.45, 2.75) is 26.9 Å². The van der Waals surface area contributed by atoms with Crippen LogP contribution in [-0.2, 0) is 4.79 Å². The normalized spacial score (nSPS) is 10.7. The number of halogens is 3. The minimum absolute atomic E-state index is 0.203. The molecular weight excluding hydrogens is 401 g/mol. The van der Waals surface area contributed by atoms with Crippen molar-refractivity contribution in [1.82, 2.24) is 14.5 Å². The first-order chi connectivity index (χ1) is 14.0. The number of carboxylic acids is 1. The van der Waals surface area contributed by atoms with Crippen molar-refractivity contribution in [3.63, 3.8) is 0 Å². The lowest BCUT2D eigenvalue weighted by molar-refractivity contribution is -0.192. The van der Waals surface area contributed by atoms with Crippen LogP contribution in [0.15, 0.2) is 48.9 Å². The lowest BCUT2D eigenvalue weighted by atomic mass is 10.2. The fourth-order valence-corrected chi connectivity index (χ4v) is 2.38. The van der Waals surface area contributed by atoms with Crippen molar-refractivity contribution in [3.8, 4) is 5.69 Å². The Hall–Kier alpha value is -3.69. The molecule has 0 aliphatic heterocycles. The number of hydrogen-bond donors (Lipinski definition) is 2. The van der Waals surface area contributed by atoms with Gasteiger partial charge in [0.25, 0.3) is 5.91 Å². The minimum Gasteiger partial charge on any atom is -0.475 e. The second-order valence-electron chi connectivity index (χ2n) is 6.26. The molecule has 2 aromatic heterocycles. The monoisotopic (exact) mass is 420 g/mol. The average Bonchev–Trinajstić information content (AvgIpc) is 3.01. The van der Waals surface area contributed by atoms with Gasteiger partial charge < -0.3 is 15.0 Å². The maximum atomic E-state index is 12.3. The van der Waals surface area contributed by atoms with E-state index in [1.807, 2.05) is 61.7 Å². The molecule has 0 aliphatic carbocycles. The molecule has 0 fully saturated rings. The Bertz CT molecular complexity index is 1040. The van der Waals surface area contributed by atoms with Gasteiger partial charge in [0.1, 0.15) is 5.69 Å². The van der Waals surface area contributed by atoms with Crippen LogP contribution in [0.1, 0.15) is 27.4 Å². The van der Waals surface area contributed by atoms with E-state index in [-0.39, 0.29) is 5.91 Å². The van der Waals surface area contributed by atoms with E-state index in [0.29, 0.717) is 5.69 Å². The van der Waals surface area contributed by atoms with Gasteiger partial charge in [-0.2, -0.15) is 13.2 Å². The number of pyridine rings is 1. The standard InChI is InChI=1S/C18H18N4O.C2HF3O2/c1-12-5-4-10-19-17(12)18(23)21-15-6-8-16(9-7-15)22-11-20-13(2)14(22)3;3-2(4,5)1(6)7/h4-11H,1-3H3,(H,21,23);(H,6,7). The van der Waals surface area contributed by atoms with Crippen LogP contribution in [0.3, 0.4) is 0 Å². The van der Waals surface area contributed by atoms with Crippen molar-refractivity contribution in [2.24, 2.45) is 0 Å². The second-order valence-corrected chi connectivity index (χ2v) is 6.26. The third kappa shape index (κ3) is 5.66. The molecule has 0 radical (unpaired) electrons. The van der Waals surface area contributed by atoms with E-state index < -0.39 is 12.1 Å². The Kier molecular flexibility index (Phi) is 6.93. The average molecular weight is 420 g/mol. The molecule has 30 heavy (non-hydrogen) atoms. The van der Waals surface area contributed by atoms with Gasteiger partial charge in [0.05, 0.1) is 12.0 Å². The van der Waals surface area contributed by atoms with Gasteiger partial charge >= 0.3 is 12.1 Å². The highest BCUT2D eigenvalue weighted by Gasteiger charge is 2.38. The summed E-state index contributed by atoms with van der Waals surface area (Å²) in [4.78, 5) is 29.6. The molecule has 0 spiro atoms. The van der Waals surface area contributed by atoms with Crippen molar-refractivity contribution in [2.75, 3.05) is 5.32 Å². The molecule has 0 saturated carbocycles. The Morgan fingerprint density at radius 2 is 1.63 bits per heavy atom. The number of carbonyl (C=O) groups excluding carboxylic acids is 1. The molecular formula is C20H19F3N4O3. The van der Waals surface area contributed by atoms with E-state index in [9.17, 15) is 18.0 Å². The smallest absolute Gasteiger partial charge is 0.475 e. The van der Waals surface area contributed by atoms with Crippen LogP contribution in [0.2, 0.25) is 0 Å². The Balaban J connectivity index is 0.000000396. The summed E-state index contributed by atoms with van der Waals surface area (Å²) in [5.74, 6) is -2.96. The van der Waals surface area contributed by atoms with Crippen molar-refractivity contribution < 1.29 is 27.9 Å². The number of aromatic nitrogens is 3. The third-order valence-electron chi connectivity index (χ3n) is 4.12. The molecule has 7 nitrogen and oxygen atoms in total. The van der Waals surface area contributed by atoms with Crippen molar-refractivity contribution in [1.29, 1.82) is 0 Å². The highest BCUT2D eigenvalue weighted by Crippen LogP contribution is 2.17. The maximum Gasteiger partial charge on any atom is 0.490 e. The first-order valence-corrected chi connectivity index (χ1v) is 8.64. The highest BCUT2D eigenvalue weighted by molar-refractivity contribution is 6.03. The summed E-state index contributed by atoms with van der Waals surface area (Å²) in [5, 5.41) is 10.00. The van der Waals surface area contributed by atoms with Gasteiger partial charge in [-0.25, -0.2) is 9.78 Å². The van der Waals surface area contributed by atoms with Crippen LogP contribution < -0.4 is 5.32 Å². The first kappa shape index (κ1) is 22.6. The maximum absolute atomic E-state index is 12.3. The molecule has 0 bridgehead atoms. The number of alkyl halides is 3. The van der Waals surface area contributed by atoms with Crippen LogP contribution in [0.25, 0.3) is 5.69 Å². The Morgan fingerprint density at radius 3 is 2.10 bits per heavy atom. The number of carboxylic acid groups (broad SMARTS) is 1. The molecule has 2 heterocycles. The number of amides is 1. The quantitative estimate of drug-likeness (QED) is 0.666. The molecule has 3 aromatic rings. The van der Waals surface area contributed by atoms with E-state index in [1.54, 1.807) is 12.5 Å².